The second-order valence-corrected chi connectivity index (χ2v) is 6.18. The Hall–Kier alpha value is -2.41. The molecule has 1 aliphatic rings. The lowest BCUT2D eigenvalue weighted by atomic mass is 10.1. The van der Waals surface area contributed by atoms with Crippen molar-refractivity contribution in [3.63, 3.8) is 0 Å². The molecule has 0 aromatic carbocycles. The van der Waals surface area contributed by atoms with Crippen molar-refractivity contribution in [2.24, 2.45) is 5.92 Å². The lowest BCUT2D eigenvalue weighted by Crippen LogP contribution is -2.31. The van der Waals surface area contributed by atoms with E-state index in [2.05, 4.69) is 33.4 Å². The van der Waals surface area contributed by atoms with Crippen molar-refractivity contribution in [1.29, 1.82) is 0 Å². The van der Waals surface area contributed by atoms with Crippen LogP contribution in [-0.2, 0) is 13.1 Å². The standard InChI is InChI=1S/C17H23N5O2/c1-2-22-12-14(9-20-22)11-21-7-5-13(10-21)8-19-17(24)16-15(23)4-3-6-18-16/h3-4,6,9,12-13,23H,2,5,7-8,10-11H2,1H3,(H,19,24)/t13-/m1/s1. The molecule has 1 fully saturated rings. The van der Waals surface area contributed by atoms with E-state index in [1.807, 2.05) is 10.9 Å². The van der Waals surface area contributed by atoms with Crippen molar-refractivity contribution >= 4 is 5.91 Å². The zero-order chi connectivity index (χ0) is 16.9. The zero-order valence-corrected chi connectivity index (χ0v) is 13.9. The van der Waals surface area contributed by atoms with Gasteiger partial charge in [0.1, 0.15) is 5.75 Å². The van der Waals surface area contributed by atoms with E-state index in [1.54, 1.807) is 6.07 Å². The van der Waals surface area contributed by atoms with Crippen molar-refractivity contribution in [2.45, 2.75) is 26.4 Å². The molecular formula is C17H23N5O2. The molecule has 3 heterocycles. The first-order valence-electron chi connectivity index (χ1n) is 8.31. The van der Waals surface area contributed by atoms with E-state index in [0.29, 0.717) is 12.5 Å². The Morgan fingerprint density at radius 3 is 3.12 bits per heavy atom. The molecule has 0 aliphatic carbocycles. The summed E-state index contributed by atoms with van der Waals surface area (Å²) in [5.74, 6) is 0.00721. The van der Waals surface area contributed by atoms with Crippen LogP contribution in [-0.4, -0.2) is 50.3 Å². The van der Waals surface area contributed by atoms with Gasteiger partial charge in [0.05, 0.1) is 6.20 Å². The fourth-order valence-corrected chi connectivity index (χ4v) is 3.03. The van der Waals surface area contributed by atoms with E-state index in [9.17, 15) is 9.90 Å². The van der Waals surface area contributed by atoms with Crippen LogP contribution in [0.1, 0.15) is 29.4 Å². The minimum atomic E-state index is -0.323. The second kappa shape index (κ2) is 7.44. The molecule has 1 amide bonds. The number of likely N-dealkylation sites (tertiary alicyclic amines) is 1. The van der Waals surface area contributed by atoms with Crippen molar-refractivity contribution in [1.82, 2.24) is 25.0 Å². The van der Waals surface area contributed by atoms with Gasteiger partial charge in [-0.3, -0.25) is 14.4 Å². The van der Waals surface area contributed by atoms with E-state index in [4.69, 9.17) is 0 Å². The number of aryl methyl sites for hydroxylation is 1. The fourth-order valence-electron chi connectivity index (χ4n) is 3.03. The molecule has 2 N–H and O–H groups in total. The summed E-state index contributed by atoms with van der Waals surface area (Å²) in [6.45, 7) is 6.42. The Morgan fingerprint density at radius 2 is 2.38 bits per heavy atom. The summed E-state index contributed by atoms with van der Waals surface area (Å²) in [6, 6.07) is 3.07. The van der Waals surface area contributed by atoms with Crippen LogP contribution < -0.4 is 5.32 Å². The number of pyridine rings is 1. The van der Waals surface area contributed by atoms with Gasteiger partial charge in [-0.05, 0) is 37.9 Å². The van der Waals surface area contributed by atoms with Crippen LogP contribution in [0.4, 0.5) is 0 Å². The zero-order valence-electron chi connectivity index (χ0n) is 13.9. The SMILES string of the molecule is CCn1cc(CN2CC[C@H](CNC(=O)c3ncccc3O)C2)cn1. The molecule has 3 rings (SSSR count). The number of aromatic nitrogens is 3. The highest BCUT2D eigenvalue weighted by molar-refractivity contribution is 5.94. The molecule has 1 aliphatic heterocycles. The number of amides is 1. The molecule has 0 radical (unpaired) electrons. The van der Waals surface area contributed by atoms with Crippen LogP contribution in [0.15, 0.2) is 30.7 Å². The largest absolute Gasteiger partial charge is 0.505 e. The summed E-state index contributed by atoms with van der Waals surface area (Å²) in [5, 5.41) is 16.8. The molecule has 1 saturated heterocycles. The third kappa shape index (κ3) is 3.91. The maximum Gasteiger partial charge on any atom is 0.273 e. The van der Waals surface area contributed by atoms with E-state index in [-0.39, 0.29) is 17.4 Å². The number of rotatable bonds is 6. The Labute approximate surface area is 141 Å². The molecule has 2 aromatic heterocycles. The molecule has 0 spiro atoms. The molecule has 1 atom stereocenters. The summed E-state index contributed by atoms with van der Waals surface area (Å²) in [7, 11) is 0. The molecule has 128 valence electrons. The Morgan fingerprint density at radius 1 is 1.50 bits per heavy atom. The van der Waals surface area contributed by atoms with Crippen LogP contribution in [0.25, 0.3) is 0 Å². The number of hydrogen-bond acceptors (Lipinski definition) is 5. The fraction of sp³-hybridized carbons (Fsp3) is 0.471. The number of carbonyl (C=O) groups excluding carboxylic acids is 1. The van der Waals surface area contributed by atoms with Gasteiger partial charge < -0.3 is 10.4 Å². The lowest BCUT2D eigenvalue weighted by molar-refractivity contribution is 0.0939. The van der Waals surface area contributed by atoms with Gasteiger partial charge in [-0.25, -0.2) is 4.98 Å². The molecular weight excluding hydrogens is 306 g/mol. The van der Waals surface area contributed by atoms with E-state index < -0.39 is 0 Å². The molecule has 0 bridgehead atoms. The molecule has 0 saturated carbocycles. The summed E-state index contributed by atoms with van der Waals surface area (Å²) >= 11 is 0. The average Bonchev–Trinajstić information content (AvgIpc) is 3.22. The number of hydrogen-bond donors (Lipinski definition) is 2. The molecule has 7 nitrogen and oxygen atoms in total. The summed E-state index contributed by atoms with van der Waals surface area (Å²) < 4.78 is 1.93. The first-order chi connectivity index (χ1) is 11.7. The molecule has 24 heavy (non-hydrogen) atoms. The molecule has 7 heteroatoms. The maximum absolute atomic E-state index is 12.1. The summed E-state index contributed by atoms with van der Waals surface area (Å²) in [6.07, 6.45) is 6.56. The summed E-state index contributed by atoms with van der Waals surface area (Å²) in [4.78, 5) is 18.4. The van der Waals surface area contributed by atoms with Crippen LogP contribution in [0.2, 0.25) is 0 Å². The Bertz CT molecular complexity index is 700. The van der Waals surface area contributed by atoms with Crippen LogP contribution in [0.3, 0.4) is 0 Å². The number of nitrogens with zero attached hydrogens (tertiary/aromatic N) is 4. The lowest BCUT2D eigenvalue weighted by Gasteiger charge is -2.15. The number of aromatic hydroxyl groups is 1. The first-order valence-corrected chi connectivity index (χ1v) is 8.31. The van der Waals surface area contributed by atoms with Crippen molar-refractivity contribution in [3.8, 4) is 5.75 Å². The summed E-state index contributed by atoms with van der Waals surface area (Å²) in [5.41, 5.74) is 1.30. The van der Waals surface area contributed by atoms with Gasteiger partial charge in [-0.2, -0.15) is 5.10 Å². The molecule has 2 aromatic rings. The minimum Gasteiger partial charge on any atom is -0.505 e. The Balaban J connectivity index is 1.46. The third-order valence-electron chi connectivity index (χ3n) is 4.34. The van der Waals surface area contributed by atoms with Gasteiger partial charge in [-0.15, -0.1) is 0 Å². The van der Waals surface area contributed by atoms with E-state index in [0.717, 1.165) is 32.6 Å². The normalized spacial score (nSPS) is 18.0. The van der Waals surface area contributed by atoms with Crippen LogP contribution in [0, 0.1) is 5.92 Å². The minimum absolute atomic E-state index is 0.0827. The topological polar surface area (TPSA) is 83.3 Å². The van der Waals surface area contributed by atoms with Gasteiger partial charge >= 0.3 is 0 Å². The number of carbonyl (C=O) groups is 1. The average molecular weight is 329 g/mol. The smallest absolute Gasteiger partial charge is 0.273 e. The predicted octanol–water partition coefficient (Wildman–Crippen LogP) is 1.26. The van der Waals surface area contributed by atoms with Gasteiger partial charge in [0.15, 0.2) is 5.69 Å². The van der Waals surface area contributed by atoms with Gasteiger partial charge in [0, 0.05) is 44.1 Å². The van der Waals surface area contributed by atoms with Crippen molar-refractivity contribution in [2.75, 3.05) is 19.6 Å². The second-order valence-electron chi connectivity index (χ2n) is 6.18. The van der Waals surface area contributed by atoms with E-state index >= 15 is 0 Å². The quantitative estimate of drug-likeness (QED) is 0.833. The predicted molar refractivity (Wildman–Crippen MR) is 89.5 cm³/mol. The molecule has 0 unspecified atom stereocenters. The number of nitrogens with one attached hydrogen (secondary N) is 1. The van der Waals surface area contributed by atoms with Gasteiger partial charge in [-0.1, -0.05) is 0 Å². The maximum atomic E-state index is 12.1. The third-order valence-corrected chi connectivity index (χ3v) is 4.34. The van der Waals surface area contributed by atoms with E-state index in [1.165, 1.54) is 17.8 Å². The first kappa shape index (κ1) is 16.4. The van der Waals surface area contributed by atoms with Crippen LogP contribution in [0.5, 0.6) is 5.75 Å². The monoisotopic (exact) mass is 329 g/mol. The van der Waals surface area contributed by atoms with Crippen molar-refractivity contribution < 1.29 is 9.90 Å². The van der Waals surface area contributed by atoms with Gasteiger partial charge in [0.2, 0.25) is 0 Å². The van der Waals surface area contributed by atoms with Gasteiger partial charge in [0.25, 0.3) is 5.91 Å². The van der Waals surface area contributed by atoms with Crippen molar-refractivity contribution in [3.05, 3.63) is 42.0 Å². The Kier molecular flexibility index (Phi) is 5.10. The van der Waals surface area contributed by atoms with Crippen LogP contribution >= 0.6 is 0 Å². The highest BCUT2D eigenvalue weighted by Gasteiger charge is 2.24. The highest BCUT2D eigenvalue weighted by Crippen LogP contribution is 2.18. The highest BCUT2D eigenvalue weighted by atomic mass is 16.3.